The third-order valence-corrected chi connectivity index (χ3v) is 7.81. The molecule has 2 rings (SSSR count). The lowest BCUT2D eigenvalue weighted by molar-refractivity contribution is 0.583. The summed E-state index contributed by atoms with van der Waals surface area (Å²) in [5, 5.41) is 0. The number of halogens is 2. The van der Waals surface area contributed by atoms with Crippen molar-refractivity contribution < 1.29 is 8.42 Å². The summed E-state index contributed by atoms with van der Waals surface area (Å²) in [7, 11) is -2.81. The van der Waals surface area contributed by atoms with Crippen LogP contribution in [0.1, 0.15) is 21.7 Å². The van der Waals surface area contributed by atoms with E-state index < -0.39 is 9.84 Å². The number of sulfone groups is 1. The first-order valence-electron chi connectivity index (χ1n) is 4.99. The number of alkyl halides is 1. The number of thiophene rings is 1. The van der Waals surface area contributed by atoms with Crippen LogP contribution in [-0.2, 0) is 9.84 Å². The van der Waals surface area contributed by atoms with Gasteiger partial charge in [-0.2, -0.15) is 0 Å². The van der Waals surface area contributed by atoms with Gasteiger partial charge in [-0.15, -0.1) is 11.3 Å². The van der Waals surface area contributed by atoms with Crippen LogP contribution < -0.4 is 0 Å². The topological polar surface area (TPSA) is 34.1 Å². The van der Waals surface area contributed by atoms with Crippen molar-refractivity contribution in [2.24, 2.45) is 5.92 Å². The standard InChI is InChI=1S/C10H12BrClO2S2/c1-6-4-8(15-10(6)12)9(11)7-2-3-16(13,14)5-7/h4,7,9H,2-3,5H2,1H3. The van der Waals surface area contributed by atoms with E-state index >= 15 is 0 Å². The predicted octanol–water partition coefficient (Wildman–Crippen LogP) is 3.58. The van der Waals surface area contributed by atoms with Crippen molar-refractivity contribution in [1.82, 2.24) is 0 Å². The smallest absolute Gasteiger partial charge is 0.150 e. The van der Waals surface area contributed by atoms with Gasteiger partial charge in [0.05, 0.1) is 20.7 Å². The second-order valence-electron chi connectivity index (χ2n) is 4.17. The number of aryl methyl sites for hydroxylation is 1. The molecule has 2 heterocycles. The van der Waals surface area contributed by atoms with Crippen molar-refractivity contribution in [2.75, 3.05) is 11.5 Å². The highest BCUT2D eigenvalue weighted by molar-refractivity contribution is 9.09. The first-order chi connectivity index (χ1) is 7.39. The minimum Gasteiger partial charge on any atom is -0.229 e. The molecule has 0 aromatic carbocycles. The van der Waals surface area contributed by atoms with E-state index in [1.807, 2.05) is 13.0 Å². The van der Waals surface area contributed by atoms with E-state index in [1.165, 1.54) is 11.3 Å². The number of hydrogen-bond donors (Lipinski definition) is 0. The Balaban J connectivity index is 2.17. The second-order valence-corrected chi connectivity index (χ2v) is 9.07. The molecule has 0 radical (unpaired) electrons. The molecule has 1 aromatic heterocycles. The molecule has 2 atom stereocenters. The fraction of sp³-hybridized carbons (Fsp3) is 0.600. The van der Waals surface area contributed by atoms with Gasteiger partial charge >= 0.3 is 0 Å². The Kier molecular flexibility index (Phi) is 3.69. The number of hydrogen-bond acceptors (Lipinski definition) is 3. The maximum atomic E-state index is 11.4. The third kappa shape index (κ3) is 2.63. The van der Waals surface area contributed by atoms with Gasteiger partial charge in [0, 0.05) is 4.88 Å². The molecule has 1 saturated heterocycles. The van der Waals surface area contributed by atoms with Gasteiger partial charge in [-0.1, -0.05) is 27.5 Å². The van der Waals surface area contributed by atoms with Crippen molar-refractivity contribution in [3.05, 3.63) is 20.8 Å². The van der Waals surface area contributed by atoms with Crippen LogP contribution >= 0.6 is 38.9 Å². The van der Waals surface area contributed by atoms with Crippen molar-refractivity contribution in [2.45, 2.75) is 18.2 Å². The van der Waals surface area contributed by atoms with Crippen molar-refractivity contribution in [3.63, 3.8) is 0 Å². The van der Waals surface area contributed by atoms with Gasteiger partial charge in [0.1, 0.15) is 0 Å². The van der Waals surface area contributed by atoms with Gasteiger partial charge < -0.3 is 0 Å². The molecule has 1 fully saturated rings. The highest BCUT2D eigenvalue weighted by Crippen LogP contribution is 2.42. The Labute approximate surface area is 113 Å². The lowest BCUT2D eigenvalue weighted by atomic mass is 10.0. The zero-order chi connectivity index (χ0) is 11.9. The first-order valence-corrected chi connectivity index (χ1v) is 8.92. The van der Waals surface area contributed by atoms with E-state index in [-0.39, 0.29) is 16.5 Å². The maximum Gasteiger partial charge on any atom is 0.150 e. The Morgan fingerprint density at radius 2 is 2.31 bits per heavy atom. The molecule has 1 aromatic rings. The summed E-state index contributed by atoms with van der Waals surface area (Å²) in [6.45, 7) is 1.97. The quantitative estimate of drug-likeness (QED) is 0.769. The van der Waals surface area contributed by atoms with E-state index in [0.29, 0.717) is 5.75 Å². The average Bonchev–Trinajstić information content (AvgIpc) is 2.70. The molecule has 90 valence electrons. The van der Waals surface area contributed by atoms with Crippen LogP contribution in [0.15, 0.2) is 6.07 Å². The molecule has 0 bridgehead atoms. The molecule has 2 unspecified atom stereocenters. The van der Waals surface area contributed by atoms with Crippen LogP contribution in [0.3, 0.4) is 0 Å². The molecule has 0 amide bonds. The molecule has 1 aliphatic heterocycles. The van der Waals surface area contributed by atoms with Gasteiger partial charge in [0.2, 0.25) is 0 Å². The van der Waals surface area contributed by atoms with Crippen LogP contribution in [0.2, 0.25) is 4.34 Å². The lowest BCUT2D eigenvalue weighted by Gasteiger charge is -2.13. The van der Waals surface area contributed by atoms with E-state index in [2.05, 4.69) is 15.9 Å². The lowest BCUT2D eigenvalue weighted by Crippen LogP contribution is -2.09. The Hall–Kier alpha value is 0.420. The Bertz CT molecular complexity index is 475. The minimum atomic E-state index is -2.81. The van der Waals surface area contributed by atoms with Crippen molar-refractivity contribution in [1.29, 1.82) is 0 Å². The molecule has 2 nitrogen and oxygen atoms in total. The molecular formula is C10H12BrClO2S2. The predicted molar refractivity (Wildman–Crippen MR) is 72.5 cm³/mol. The summed E-state index contributed by atoms with van der Waals surface area (Å²) < 4.78 is 23.6. The fourth-order valence-corrected chi connectivity index (χ4v) is 6.15. The molecule has 0 N–H and O–H groups in total. The van der Waals surface area contributed by atoms with E-state index in [4.69, 9.17) is 11.6 Å². The summed E-state index contributed by atoms with van der Waals surface area (Å²) in [4.78, 5) is 1.24. The van der Waals surface area contributed by atoms with Crippen LogP contribution in [-0.4, -0.2) is 19.9 Å². The molecule has 6 heteroatoms. The van der Waals surface area contributed by atoms with Crippen LogP contribution in [0.25, 0.3) is 0 Å². The second kappa shape index (κ2) is 4.59. The molecular weight excluding hydrogens is 332 g/mol. The number of rotatable bonds is 2. The first kappa shape index (κ1) is 12.9. The third-order valence-electron chi connectivity index (χ3n) is 2.83. The molecule has 16 heavy (non-hydrogen) atoms. The molecule has 0 spiro atoms. The van der Waals surface area contributed by atoms with Crippen LogP contribution in [0.4, 0.5) is 0 Å². The average molecular weight is 344 g/mol. The highest BCUT2D eigenvalue weighted by atomic mass is 79.9. The van der Waals surface area contributed by atoms with Gasteiger partial charge in [0.25, 0.3) is 0 Å². The summed E-state index contributed by atoms with van der Waals surface area (Å²) in [6, 6.07) is 2.04. The van der Waals surface area contributed by atoms with E-state index in [1.54, 1.807) is 0 Å². The van der Waals surface area contributed by atoms with Crippen LogP contribution in [0, 0.1) is 12.8 Å². The largest absolute Gasteiger partial charge is 0.229 e. The fourth-order valence-electron chi connectivity index (χ4n) is 1.91. The van der Waals surface area contributed by atoms with E-state index in [9.17, 15) is 8.42 Å². The summed E-state index contributed by atoms with van der Waals surface area (Å²) in [5.41, 5.74) is 1.06. The molecule has 1 aliphatic rings. The zero-order valence-corrected chi connectivity index (χ0v) is 12.7. The Morgan fingerprint density at radius 3 is 2.75 bits per heavy atom. The van der Waals surface area contributed by atoms with Crippen molar-refractivity contribution >= 4 is 48.7 Å². The zero-order valence-electron chi connectivity index (χ0n) is 8.74. The van der Waals surface area contributed by atoms with Gasteiger partial charge in [-0.05, 0) is 30.9 Å². The van der Waals surface area contributed by atoms with Gasteiger partial charge in [-0.25, -0.2) is 8.42 Å². The van der Waals surface area contributed by atoms with E-state index in [0.717, 1.165) is 21.2 Å². The van der Waals surface area contributed by atoms with Crippen molar-refractivity contribution in [3.8, 4) is 0 Å². The Morgan fingerprint density at radius 1 is 1.62 bits per heavy atom. The summed E-state index contributed by atoms with van der Waals surface area (Å²) in [5.74, 6) is 0.786. The monoisotopic (exact) mass is 342 g/mol. The normalized spacial score (nSPS) is 25.8. The van der Waals surface area contributed by atoms with Gasteiger partial charge in [-0.3, -0.25) is 0 Å². The van der Waals surface area contributed by atoms with Crippen LogP contribution in [0.5, 0.6) is 0 Å². The molecule has 0 aliphatic carbocycles. The highest BCUT2D eigenvalue weighted by Gasteiger charge is 2.33. The summed E-state index contributed by atoms with van der Waals surface area (Å²) in [6.07, 6.45) is 0.743. The van der Waals surface area contributed by atoms with Gasteiger partial charge in [0.15, 0.2) is 9.84 Å². The minimum absolute atomic E-state index is 0.112. The SMILES string of the molecule is Cc1cc(C(Br)C2CCS(=O)(=O)C2)sc1Cl. The molecule has 0 saturated carbocycles. The maximum absolute atomic E-state index is 11.4. The summed E-state index contributed by atoms with van der Waals surface area (Å²) >= 11 is 11.1.